The van der Waals surface area contributed by atoms with Crippen LogP contribution in [0.5, 0.6) is 11.5 Å². The molecule has 0 aliphatic rings. The molecule has 2 aromatic carbocycles. The SMILES string of the molecule is COc1ccc([N+](=O)[O-])cc1NC(=O)[C@H](C)OC(=O)COc1ccc(F)cc1. The topological polar surface area (TPSA) is 117 Å². The van der Waals surface area contributed by atoms with Gasteiger partial charge in [-0.15, -0.1) is 0 Å². The van der Waals surface area contributed by atoms with Crippen LogP contribution in [0.3, 0.4) is 0 Å². The Balaban J connectivity index is 1.93. The zero-order chi connectivity index (χ0) is 20.7. The summed E-state index contributed by atoms with van der Waals surface area (Å²) in [5.74, 6) is -1.52. The molecule has 2 rings (SSSR count). The van der Waals surface area contributed by atoms with E-state index in [-0.39, 0.29) is 22.9 Å². The first kappa shape index (κ1) is 20.6. The number of ether oxygens (including phenoxy) is 3. The molecular formula is C18H17FN2O7. The van der Waals surface area contributed by atoms with Crippen molar-refractivity contribution >= 4 is 23.3 Å². The first-order valence-electron chi connectivity index (χ1n) is 8.01. The van der Waals surface area contributed by atoms with Crippen LogP contribution >= 0.6 is 0 Å². The number of nitrogens with one attached hydrogen (secondary N) is 1. The highest BCUT2D eigenvalue weighted by molar-refractivity contribution is 5.96. The minimum absolute atomic E-state index is 0.0622. The van der Waals surface area contributed by atoms with Crippen LogP contribution < -0.4 is 14.8 Å². The maximum atomic E-state index is 12.8. The van der Waals surface area contributed by atoms with Crippen LogP contribution in [-0.4, -0.2) is 36.6 Å². The Morgan fingerprint density at radius 1 is 1.21 bits per heavy atom. The summed E-state index contributed by atoms with van der Waals surface area (Å²) < 4.78 is 27.9. The van der Waals surface area contributed by atoms with Crippen molar-refractivity contribution in [3.05, 3.63) is 58.4 Å². The Labute approximate surface area is 159 Å². The van der Waals surface area contributed by atoms with Gasteiger partial charge in [0.2, 0.25) is 0 Å². The van der Waals surface area contributed by atoms with E-state index < -0.39 is 35.3 Å². The standard InChI is InChI=1S/C18H17FN2O7/c1-11(28-17(22)10-27-14-6-3-12(19)4-7-14)18(23)20-15-9-13(21(24)25)5-8-16(15)26-2/h3-9,11H,10H2,1-2H3,(H,20,23)/t11-/m0/s1. The molecule has 0 aliphatic carbocycles. The van der Waals surface area contributed by atoms with Crippen LogP contribution in [-0.2, 0) is 14.3 Å². The predicted molar refractivity (Wildman–Crippen MR) is 95.7 cm³/mol. The molecule has 0 saturated carbocycles. The van der Waals surface area contributed by atoms with Gasteiger partial charge in [-0.2, -0.15) is 0 Å². The molecule has 0 spiro atoms. The highest BCUT2D eigenvalue weighted by Crippen LogP contribution is 2.29. The van der Waals surface area contributed by atoms with Gasteiger partial charge in [-0.3, -0.25) is 14.9 Å². The van der Waals surface area contributed by atoms with Gasteiger partial charge >= 0.3 is 5.97 Å². The van der Waals surface area contributed by atoms with E-state index in [1.807, 2.05) is 0 Å². The highest BCUT2D eigenvalue weighted by atomic mass is 19.1. The number of carbonyl (C=O) groups is 2. The molecule has 2 aromatic rings. The number of nitrogens with zero attached hydrogens (tertiary/aromatic N) is 1. The number of carbonyl (C=O) groups excluding carboxylic acids is 2. The fourth-order valence-corrected chi connectivity index (χ4v) is 2.10. The average Bonchev–Trinajstić information content (AvgIpc) is 2.67. The van der Waals surface area contributed by atoms with Crippen molar-refractivity contribution in [2.24, 2.45) is 0 Å². The van der Waals surface area contributed by atoms with E-state index in [9.17, 15) is 24.1 Å². The molecule has 1 amide bonds. The Kier molecular flexibility index (Phi) is 6.85. The number of nitro benzene ring substituents is 1. The van der Waals surface area contributed by atoms with Gasteiger partial charge < -0.3 is 19.5 Å². The number of methoxy groups -OCH3 is 1. The van der Waals surface area contributed by atoms with Crippen molar-refractivity contribution < 1.29 is 33.1 Å². The number of esters is 1. The largest absolute Gasteiger partial charge is 0.495 e. The second-order valence-electron chi connectivity index (χ2n) is 5.51. The predicted octanol–water partition coefficient (Wildman–Crippen LogP) is 2.69. The van der Waals surface area contributed by atoms with E-state index in [2.05, 4.69) is 5.32 Å². The van der Waals surface area contributed by atoms with Crippen LogP contribution in [0.1, 0.15) is 6.92 Å². The number of amides is 1. The number of hydrogen-bond donors (Lipinski definition) is 1. The summed E-state index contributed by atoms with van der Waals surface area (Å²) in [7, 11) is 1.34. The number of halogens is 1. The van der Waals surface area contributed by atoms with Crippen LogP contribution in [0.25, 0.3) is 0 Å². The molecule has 1 atom stereocenters. The lowest BCUT2D eigenvalue weighted by molar-refractivity contribution is -0.384. The van der Waals surface area contributed by atoms with E-state index in [0.29, 0.717) is 0 Å². The number of rotatable bonds is 8. The molecule has 0 saturated heterocycles. The maximum absolute atomic E-state index is 12.8. The third kappa shape index (κ3) is 5.66. The average molecular weight is 392 g/mol. The van der Waals surface area contributed by atoms with Gasteiger partial charge in [0.25, 0.3) is 11.6 Å². The monoisotopic (exact) mass is 392 g/mol. The summed E-state index contributed by atoms with van der Waals surface area (Å²) in [6, 6.07) is 8.71. The van der Waals surface area contributed by atoms with E-state index >= 15 is 0 Å². The number of anilines is 1. The molecule has 0 fully saturated rings. The van der Waals surface area contributed by atoms with Gasteiger partial charge in [-0.1, -0.05) is 0 Å². The van der Waals surface area contributed by atoms with E-state index in [4.69, 9.17) is 14.2 Å². The molecule has 0 radical (unpaired) electrons. The molecule has 0 unspecified atom stereocenters. The van der Waals surface area contributed by atoms with Gasteiger partial charge in [0.05, 0.1) is 17.7 Å². The maximum Gasteiger partial charge on any atom is 0.344 e. The van der Waals surface area contributed by atoms with Crippen molar-refractivity contribution in [1.82, 2.24) is 0 Å². The second-order valence-corrected chi connectivity index (χ2v) is 5.51. The van der Waals surface area contributed by atoms with Crippen molar-refractivity contribution in [3.63, 3.8) is 0 Å². The number of nitro groups is 1. The van der Waals surface area contributed by atoms with E-state index in [1.54, 1.807) is 0 Å². The third-order valence-electron chi connectivity index (χ3n) is 3.50. The summed E-state index contributed by atoms with van der Waals surface area (Å²) in [6.45, 7) is 0.846. The lowest BCUT2D eigenvalue weighted by Crippen LogP contribution is -2.31. The Morgan fingerprint density at radius 3 is 2.50 bits per heavy atom. The molecule has 0 bridgehead atoms. The van der Waals surface area contributed by atoms with Gasteiger partial charge in [-0.25, -0.2) is 9.18 Å². The summed E-state index contributed by atoms with van der Waals surface area (Å²) in [6.07, 6.45) is -1.20. The van der Waals surface area contributed by atoms with Crippen LogP contribution in [0, 0.1) is 15.9 Å². The smallest absolute Gasteiger partial charge is 0.344 e. The van der Waals surface area contributed by atoms with Gasteiger partial charge in [0.1, 0.15) is 17.3 Å². The first-order chi connectivity index (χ1) is 13.3. The molecule has 9 nitrogen and oxygen atoms in total. The fourth-order valence-electron chi connectivity index (χ4n) is 2.10. The Morgan fingerprint density at radius 2 is 1.89 bits per heavy atom. The number of non-ortho nitro benzene ring substituents is 1. The van der Waals surface area contributed by atoms with Crippen molar-refractivity contribution in [2.75, 3.05) is 19.0 Å². The van der Waals surface area contributed by atoms with E-state index in [1.165, 1.54) is 50.4 Å². The molecular weight excluding hydrogens is 375 g/mol. The highest BCUT2D eigenvalue weighted by Gasteiger charge is 2.21. The van der Waals surface area contributed by atoms with Crippen LogP contribution in [0.4, 0.5) is 15.8 Å². The lowest BCUT2D eigenvalue weighted by atomic mass is 10.2. The van der Waals surface area contributed by atoms with Crippen molar-refractivity contribution in [3.8, 4) is 11.5 Å². The molecule has 1 N–H and O–H groups in total. The molecule has 28 heavy (non-hydrogen) atoms. The van der Waals surface area contributed by atoms with E-state index in [0.717, 1.165) is 6.07 Å². The Bertz CT molecular complexity index is 871. The molecule has 148 valence electrons. The molecule has 0 heterocycles. The van der Waals surface area contributed by atoms with Crippen molar-refractivity contribution in [1.29, 1.82) is 0 Å². The third-order valence-corrected chi connectivity index (χ3v) is 3.50. The lowest BCUT2D eigenvalue weighted by Gasteiger charge is -2.15. The van der Waals surface area contributed by atoms with Gasteiger partial charge in [0.15, 0.2) is 12.7 Å². The van der Waals surface area contributed by atoms with Gasteiger partial charge in [-0.05, 0) is 37.3 Å². The van der Waals surface area contributed by atoms with Gasteiger partial charge in [0, 0.05) is 12.1 Å². The zero-order valence-electron chi connectivity index (χ0n) is 15.0. The summed E-state index contributed by atoms with van der Waals surface area (Å²) in [5, 5.41) is 13.3. The number of hydrogen-bond acceptors (Lipinski definition) is 7. The minimum Gasteiger partial charge on any atom is -0.495 e. The normalized spacial score (nSPS) is 11.2. The minimum atomic E-state index is -1.20. The van der Waals surface area contributed by atoms with Crippen LogP contribution in [0.15, 0.2) is 42.5 Å². The van der Waals surface area contributed by atoms with Crippen LogP contribution in [0.2, 0.25) is 0 Å². The first-order valence-corrected chi connectivity index (χ1v) is 8.01. The molecule has 0 aliphatic heterocycles. The molecule has 10 heteroatoms. The summed E-state index contributed by atoms with van der Waals surface area (Å²) in [4.78, 5) is 34.3. The molecule has 0 aromatic heterocycles. The zero-order valence-corrected chi connectivity index (χ0v) is 15.0. The quantitative estimate of drug-likeness (QED) is 0.417. The number of benzene rings is 2. The van der Waals surface area contributed by atoms with Crippen molar-refractivity contribution in [2.45, 2.75) is 13.0 Å². The fraction of sp³-hybridized carbons (Fsp3) is 0.222. The second kappa shape index (κ2) is 9.31. The summed E-state index contributed by atoms with van der Waals surface area (Å²) >= 11 is 0. The summed E-state index contributed by atoms with van der Waals surface area (Å²) in [5.41, 5.74) is -0.180. The Hall–Kier alpha value is -3.69.